The number of aliphatic hydroxyl groups is 1. The molecule has 2 heterocycles. The number of para-hydroxylation sites is 1. The van der Waals surface area contributed by atoms with Crippen molar-refractivity contribution in [3.63, 3.8) is 0 Å². The molecule has 0 unspecified atom stereocenters. The molecule has 9 heteroatoms. The molecule has 0 radical (unpaired) electrons. The number of carbonyl (C=O) groups is 2. The average molecular weight is 585 g/mol. The van der Waals surface area contributed by atoms with Gasteiger partial charge in [-0.1, -0.05) is 55.5 Å². The van der Waals surface area contributed by atoms with E-state index in [1.165, 1.54) is 0 Å². The van der Waals surface area contributed by atoms with Crippen LogP contribution in [-0.4, -0.2) is 77.4 Å². The van der Waals surface area contributed by atoms with Crippen LogP contribution < -0.4 is 10.1 Å². The molecular formula is C34H40N4O5. The van der Waals surface area contributed by atoms with Crippen LogP contribution in [0.1, 0.15) is 29.9 Å². The highest BCUT2D eigenvalue weighted by Gasteiger charge is 2.34. The second-order valence-electron chi connectivity index (χ2n) is 11.3. The molecule has 0 saturated heterocycles. The number of carbonyl (C=O) groups excluding carboxylic acids is 2. The molecule has 1 aliphatic rings. The fourth-order valence-electron chi connectivity index (χ4n) is 5.80. The topological polar surface area (TPSA) is 96.3 Å². The molecule has 4 aromatic rings. The number of amides is 3. The smallest absolute Gasteiger partial charge is 0.321 e. The number of nitrogens with zero attached hydrogens (tertiary/aromatic N) is 3. The first kappa shape index (κ1) is 30.1. The Morgan fingerprint density at radius 2 is 1.88 bits per heavy atom. The van der Waals surface area contributed by atoms with Crippen LogP contribution in [0.2, 0.25) is 0 Å². The zero-order valence-electron chi connectivity index (χ0n) is 25.4. The number of benzene rings is 3. The number of ether oxygens (including phenoxy) is 2. The first-order chi connectivity index (χ1) is 20.7. The first-order valence-corrected chi connectivity index (χ1v) is 14.6. The van der Waals surface area contributed by atoms with Crippen LogP contribution in [0.4, 0.5) is 10.5 Å². The molecule has 2 N–H and O–H groups in total. The SMILES string of the molecule is COc1cccc(NC(=O)N(C)C[C@@H]2OCc3ccccc3-c3c(n(C)c4ccccc34)C(=O)N([C@@H](C)CO)C[C@@H]2C)c1. The highest BCUT2D eigenvalue weighted by Crippen LogP contribution is 2.38. The Labute approximate surface area is 252 Å². The molecule has 1 aromatic heterocycles. The third-order valence-electron chi connectivity index (χ3n) is 8.35. The molecule has 226 valence electrons. The van der Waals surface area contributed by atoms with Crippen molar-refractivity contribution in [2.24, 2.45) is 13.0 Å². The molecule has 3 atom stereocenters. The van der Waals surface area contributed by atoms with Crippen molar-refractivity contribution in [3.05, 3.63) is 84.1 Å². The zero-order valence-corrected chi connectivity index (χ0v) is 25.4. The van der Waals surface area contributed by atoms with E-state index in [1.807, 2.05) is 86.1 Å². The molecule has 0 bridgehead atoms. The van der Waals surface area contributed by atoms with Gasteiger partial charge in [0.05, 0.1) is 32.5 Å². The Hall–Kier alpha value is -4.34. The summed E-state index contributed by atoms with van der Waals surface area (Å²) >= 11 is 0. The van der Waals surface area contributed by atoms with Gasteiger partial charge < -0.3 is 34.3 Å². The number of hydrogen-bond donors (Lipinski definition) is 2. The Balaban J connectivity index is 1.52. The second kappa shape index (κ2) is 12.9. The largest absolute Gasteiger partial charge is 0.497 e. The maximum Gasteiger partial charge on any atom is 0.321 e. The van der Waals surface area contributed by atoms with Gasteiger partial charge in [-0.3, -0.25) is 4.79 Å². The fourth-order valence-corrected chi connectivity index (χ4v) is 5.80. The van der Waals surface area contributed by atoms with E-state index >= 15 is 0 Å². The number of aromatic nitrogens is 1. The van der Waals surface area contributed by atoms with Gasteiger partial charge in [0.2, 0.25) is 0 Å². The average Bonchev–Trinajstić information content (AvgIpc) is 3.32. The van der Waals surface area contributed by atoms with Crippen molar-refractivity contribution < 1.29 is 24.2 Å². The quantitative estimate of drug-likeness (QED) is 0.318. The van der Waals surface area contributed by atoms with Gasteiger partial charge in [-0.25, -0.2) is 4.79 Å². The number of likely N-dealkylation sites (N-methyl/N-ethyl adjacent to an activating group) is 1. The van der Waals surface area contributed by atoms with Crippen LogP contribution in [0.3, 0.4) is 0 Å². The summed E-state index contributed by atoms with van der Waals surface area (Å²) in [5.41, 5.74) is 4.90. The molecular weight excluding hydrogens is 544 g/mol. The zero-order chi connectivity index (χ0) is 30.7. The molecule has 3 amide bonds. The Morgan fingerprint density at radius 3 is 2.65 bits per heavy atom. The van der Waals surface area contributed by atoms with E-state index in [2.05, 4.69) is 5.32 Å². The summed E-state index contributed by atoms with van der Waals surface area (Å²) in [6.07, 6.45) is -0.395. The maximum absolute atomic E-state index is 14.5. The predicted octanol–water partition coefficient (Wildman–Crippen LogP) is 5.38. The summed E-state index contributed by atoms with van der Waals surface area (Å²) in [6.45, 7) is 4.64. The van der Waals surface area contributed by atoms with Crippen LogP contribution in [0, 0.1) is 5.92 Å². The van der Waals surface area contributed by atoms with Crippen molar-refractivity contribution in [3.8, 4) is 16.9 Å². The van der Waals surface area contributed by atoms with Gasteiger partial charge in [-0.15, -0.1) is 0 Å². The van der Waals surface area contributed by atoms with Crippen molar-refractivity contribution in [2.75, 3.05) is 39.2 Å². The third kappa shape index (κ3) is 6.09. The number of nitrogens with one attached hydrogen (secondary N) is 1. The Morgan fingerprint density at radius 1 is 1.14 bits per heavy atom. The summed E-state index contributed by atoms with van der Waals surface area (Å²) < 4.78 is 13.8. The van der Waals surface area contributed by atoms with E-state index < -0.39 is 12.1 Å². The molecule has 0 aliphatic carbocycles. The summed E-state index contributed by atoms with van der Waals surface area (Å²) in [5, 5.41) is 14.1. The Bertz CT molecular complexity index is 1620. The minimum atomic E-state index is -0.424. The molecule has 0 fully saturated rings. The molecule has 5 rings (SSSR count). The lowest BCUT2D eigenvalue weighted by molar-refractivity contribution is -0.0179. The maximum atomic E-state index is 14.5. The van der Waals surface area contributed by atoms with Gasteiger partial charge in [-0.2, -0.15) is 0 Å². The number of aryl methyl sites for hydroxylation is 1. The van der Waals surface area contributed by atoms with Gasteiger partial charge in [-0.05, 0) is 36.2 Å². The number of fused-ring (bicyclic) bond motifs is 5. The number of hydrogen-bond acceptors (Lipinski definition) is 5. The number of rotatable bonds is 6. The highest BCUT2D eigenvalue weighted by atomic mass is 16.5. The lowest BCUT2D eigenvalue weighted by atomic mass is 9.96. The van der Waals surface area contributed by atoms with Crippen LogP contribution in [0.25, 0.3) is 22.0 Å². The minimum absolute atomic E-state index is 0.151. The summed E-state index contributed by atoms with van der Waals surface area (Å²) in [4.78, 5) is 31.0. The van der Waals surface area contributed by atoms with E-state index in [-0.39, 0.29) is 24.5 Å². The van der Waals surface area contributed by atoms with Crippen molar-refractivity contribution in [1.82, 2.24) is 14.4 Å². The monoisotopic (exact) mass is 584 g/mol. The minimum Gasteiger partial charge on any atom is -0.497 e. The van der Waals surface area contributed by atoms with Crippen LogP contribution in [-0.2, 0) is 18.4 Å². The highest BCUT2D eigenvalue weighted by molar-refractivity contribution is 6.10. The molecule has 3 aromatic carbocycles. The van der Waals surface area contributed by atoms with Gasteiger partial charge in [0.15, 0.2) is 0 Å². The van der Waals surface area contributed by atoms with E-state index in [0.717, 1.165) is 27.6 Å². The lowest BCUT2D eigenvalue weighted by Gasteiger charge is -2.35. The first-order valence-electron chi connectivity index (χ1n) is 14.6. The van der Waals surface area contributed by atoms with Gasteiger partial charge in [0, 0.05) is 61.3 Å². The Kier molecular flexibility index (Phi) is 9.03. The standard InChI is InChI=1S/C34H40N4O5/c1-22-18-38(23(2)20-39)33(40)32-31(28-15-8-9-16-29(28)37(32)4)27-14-7-6-11-24(27)21-43-30(22)19-36(3)34(41)35-25-12-10-13-26(17-25)42-5/h6-17,22-23,30,39H,18-21H2,1-5H3,(H,35,41)/t22-,23-,30-/m0/s1. The number of urea groups is 1. The molecule has 0 spiro atoms. The van der Waals surface area contributed by atoms with Crippen molar-refractivity contribution >= 4 is 28.5 Å². The summed E-state index contributed by atoms with van der Waals surface area (Å²) in [6, 6.07) is 22.5. The van der Waals surface area contributed by atoms with E-state index in [0.29, 0.717) is 36.8 Å². The van der Waals surface area contributed by atoms with Crippen molar-refractivity contribution in [2.45, 2.75) is 32.6 Å². The van der Waals surface area contributed by atoms with Gasteiger partial charge in [0.1, 0.15) is 11.4 Å². The number of aliphatic hydroxyl groups excluding tert-OH is 1. The van der Waals surface area contributed by atoms with E-state index in [1.54, 1.807) is 36.1 Å². The second-order valence-corrected chi connectivity index (χ2v) is 11.3. The van der Waals surface area contributed by atoms with Crippen LogP contribution in [0.5, 0.6) is 5.75 Å². The predicted molar refractivity (Wildman–Crippen MR) is 168 cm³/mol. The molecule has 0 saturated carbocycles. The van der Waals surface area contributed by atoms with Crippen molar-refractivity contribution in [1.29, 1.82) is 0 Å². The molecule has 1 aliphatic heterocycles. The molecule has 9 nitrogen and oxygen atoms in total. The third-order valence-corrected chi connectivity index (χ3v) is 8.35. The van der Waals surface area contributed by atoms with Crippen LogP contribution in [0.15, 0.2) is 72.8 Å². The number of anilines is 1. The normalized spacial score (nSPS) is 17.9. The van der Waals surface area contributed by atoms with Crippen LogP contribution >= 0.6 is 0 Å². The van der Waals surface area contributed by atoms with E-state index in [9.17, 15) is 14.7 Å². The van der Waals surface area contributed by atoms with Gasteiger partial charge in [0.25, 0.3) is 5.91 Å². The lowest BCUT2D eigenvalue weighted by Crippen LogP contribution is -2.48. The fraction of sp³-hybridized carbons (Fsp3) is 0.353. The summed E-state index contributed by atoms with van der Waals surface area (Å²) in [5.74, 6) is 0.339. The van der Waals surface area contributed by atoms with Gasteiger partial charge >= 0.3 is 6.03 Å². The molecule has 43 heavy (non-hydrogen) atoms. The summed E-state index contributed by atoms with van der Waals surface area (Å²) in [7, 11) is 5.23. The number of methoxy groups -OCH3 is 1. The van der Waals surface area contributed by atoms with E-state index in [4.69, 9.17) is 9.47 Å².